The summed E-state index contributed by atoms with van der Waals surface area (Å²) in [6.45, 7) is 1.12. The first-order valence-corrected chi connectivity index (χ1v) is 6.46. The van der Waals surface area contributed by atoms with Gasteiger partial charge in [0.25, 0.3) is 0 Å². The smallest absolute Gasteiger partial charge is 0.212 e. The molecule has 0 radical (unpaired) electrons. The molecule has 1 unspecified atom stereocenters. The lowest BCUT2D eigenvalue weighted by atomic mass is 10.2. The molecule has 2 aromatic rings. The van der Waals surface area contributed by atoms with Gasteiger partial charge in [-0.2, -0.15) is 0 Å². The summed E-state index contributed by atoms with van der Waals surface area (Å²) in [5.74, 6) is 0.732. The van der Waals surface area contributed by atoms with E-state index in [4.69, 9.17) is 0 Å². The molecule has 0 amide bonds. The lowest BCUT2D eigenvalue weighted by Gasteiger charge is -2.44. The van der Waals surface area contributed by atoms with Crippen LogP contribution in [0.25, 0.3) is 0 Å². The predicted octanol–water partition coefficient (Wildman–Crippen LogP) is 0.476. The van der Waals surface area contributed by atoms with Crippen LogP contribution in [0.15, 0.2) is 30.3 Å². The number of hydrogen-bond acceptors (Lipinski definition) is 4. The van der Waals surface area contributed by atoms with E-state index in [0.717, 1.165) is 11.4 Å². The summed E-state index contributed by atoms with van der Waals surface area (Å²) in [5, 5.41) is 27.9. The van der Waals surface area contributed by atoms with Crippen LogP contribution in [0, 0.1) is 10.4 Å². The van der Waals surface area contributed by atoms with Crippen molar-refractivity contribution in [3.8, 4) is 0 Å². The molecule has 2 heterocycles. The van der Waals surface area contributed by atoms with Gasteiger partial charge in [-0.25, -0.2) is 0 Å². The van der Waals surface area contributed by atoms with Crippen molar-refractivity contribution >= 4 is 5.82 Å². The van der Waals surface area contributed by atoms with Gasteiger partial charge < -0.3 is 20.0 Å². The number of anilines is 1. The average molecular weight is 275 g/mol. The minimum absolute atomic E-state index is 0.226. The van der Waals surface area contributed by atoms with Crippen LogP contribution in [0.2, 0.25) is 0 Å². The predicted molar refractivity (Wildman–Crippen MR) is 72.9 cm³/mol. The Kier molecular flexibility index (Phi) is 2.88. The van der Waals surface area contributed by atoms with Crippen LogP contribution < -0.4 is 9.86 Å². The number of benzene rings is 1. The second kappa shape index (κ2) is 4.46. The van der Waals surface area contributed by atoms with E-state index < -0.39 is 4.65 Å². The Bertz CT molecular complexity index is 623. The van der Waals surface area contributed by atoms with Crippen molar-refractivity contribution in [3.63, 3.8) is 0 Å². The van der Waals surface area contributed by atoms with Gasteiger partial charge in [0.2, 0.25) is 11.5 Å². The molecule has 0 bridgehead atoms. The Morgan fingerprint density at radius 2 is 2.05 bits per heavy atom. The Balaban J connectivity index is 1.98. The van der Waals surface area contributed by atoms with Gasteiger partial charge in [0.05, 0.1) is 14.1 Å². The van der Waals surface area contributed by atoms with Gasteiger partial charge in [-0.3, -0.25) is 0 Å². The quantitative estimate of drug-likeness (QED) is 0.454. The zero-order valence-corrected chi connectivity index (χ0v) is 11.6. The third-order valence-electron chi connectivity index (χ3n) is 3.50. The molecule has 0 saturated heterocycles. The zero-order valence-electron chi connectivity index (χ0n) is 11.6. The standard InChI is InChI=1S/C13H17N5O2/c1-15-13-12(14-17(15)19)9-18(2,20)10-16(13)8-11-6-4-3-5-7-11/h3-7H,8-10H2,1-2H3. The summed E-state index contributed by atoms with van der Waals surface area (Å²) in [4.78, 5) is 2.45. The number of rotatable bonds is 2. The third kappa shape index (κ3) is 2.21. The van der Waals surface area contributed by atoms with Crippen LogP contribution in [0.5, 0.6) is 0 Å². The normalized spacial score (nSPS) is 21.9. The molecule has 0 N–H and O–H groups in total. The molecular weight excluding hydrogens is 258 g/mol. The van der Waals surface area contributed by atoms with E-state index in [2.05, 4.69) is 5.10 Å². The number of fused-ring (bicyclic) bond motifs is 1. The van der Waals surface area contributed by atoms with Gasteiger partial charge in [-0.05, 0) is 5.56 Å². The van der Waals surface area contributed by atoms with Crippen molar-refractivity contribution in [2.45, 2.75) is 13.1 Å². The zero-order chi connectivity index (χ0) is 14.3. The van der Waals surface area contributed by atoms with Crippen LogP contribution >= 0.6 is 0 Å². The van der Waals surface area contributed by atoms with Gasteiger partial charge in [0, 0.05) is 16.6 Å². The summed E-state index contributed by atoms with van der Waals surface area (Å²) in [6.07, 6.45) is 0. The fraction of sp³-hybridized carbons (Fsp3) is 0.385. The Hall–Kier alpha value is -2.12. The molecule has 7 heteroatoms. The fourth-order valence-electron chi connectivity index (χ4n) is 2.70. The van der Waals surface area contributed by atoms with Crippen LogP contribution in [0.4, 0.5) is 5.82 Å². The highest BCUT2D eigenvalue weighted by Gasteiger charge is 2.35. The van der Waals surface area contributed by atoms with E-state index in [9.17, 15) is 10.4 Å². The summed E-state index contributed by atoms with van der Waals surface area (Å²) < 4.78 is 0.994. The minimum Gasteiger partial charge on any atom is -0.631 e. The lowest BCUT2D eigenvalue weighted by Crippen LogP contribution is -2.50. The van der Waals surface area contributed by atoms with Gasteiger partial charge in [-0.15, -0.1) is 4.68 Å². The van der Waals surface area contributed by atoms with Crippen molar-refractivity contribution in [1.82, 2.24) is 9.78 Å². The molecule has 1 aliphatic rings. The summed E-state index contributed by atoms with van der Waals surface area (Å²) in [6, 6.07) is 9.88. The molecule has 0 saturated carbocycles. The number of hydrogen-bond donors (Lipinski definition) is 0. The average Bonchev–Trinajstić information content (AvgIpc) is 2.64. The number of aromatic nitrogens is 3. The minimum atomic E-state index is -0.448. The molecule has 1 aromatic heterocycles. The van der Waals surface area contributed by atoms with E-state index in [1.165, 1.54) is 4.68 Å². The highest BCUT2D eigenvalue weighted by Crippen LogP contribution is 2.28. The fourth-order valence-corrected chi connectivity index (χ4v) is 2.70. The van der Waals surface area contributed by atoms with Crippen molar-refractivity contribution in [3.05, 3.63) is 52.0 Å². The maximum atomic E-state index is 12.3. The van der Waals surface area contributed by atoms with Crippen molar-refractivity contribution in [2.75, 3.05) is 18.6 Å². The Morgan fingerprint density at radius 1 is 1.35 bits per heavy atom. The third-order valence-corrected chi connectivity index (χ3v) is 3.50. The maximum absolute atomic E-state index is 12.3. The molecular formula is C13H17N5O2. The molecule has 1 aliphatic heterocycles. The van der Waals surface area contributed by atoms with Crippen LogP contribution in [0.3, 0.4) is 0 Å². The molecule has 7 nitrogen and oxygen atoms in total. The number of nitrogens with zero attached hydrogens (tertiary/aromatic N) is 5. The van der Waals surface area contributed by atoms with E-state index in [-0.39, 0.29) is 6.54 Å². The van der Waals surface area contributed by atoms with Crippen LogP contribution in [-0.2, 0) is 20.1 Å². The highest BCUT2D eigenvalue weighted by atomic mass is 16.5. The molecule has 106 valence electrons. The van der Waals surface area contributed by atoms with Crippen LogP contribution in [-0.4, -0.2) is 28.1 Å². The van der Waals surface area contributed by atoms with E-state index in [0.29, 0.717) is 23.9 Å². The second-order valence-corrected chi connectivity index (χ2v) is 5.43. The van der Waals surface area contributed by atoms with E-state index in [1.54, 1.807) is 14.1 Å². The SMILES string of the molecule is Cn1c2c(n[n+]1[O-])C[N+](C)([O-])CN2Cc1ccccc1. The van der Waals surface area contributed by atoms with E-state index >= 15 is 0 Å². The first-order chi connectivity index (χ1) is 9.46. The van der Waals surface area contributed by atoms with Crippen LogP contribution in [0.1, 0.15) is 11.3 Å². The van der Waals surface area contributed by atoms with Gasteiger partial charge >= 0.3 is 0 Å². The lowest BCUT2D eigenvalue weighted by molar-refractivity contribution is -0.876. The Morgan fingerprint density at radius 3 is 2.75 bits per heavy atom. The van der Waals surface area contributed by atoms with Crippen molar-refractivity contribution < 1.29 is 9.61 Å². The second-order valence-electron chi connectivity index (χ2n) is 5.43. The van der Waals surface area contributed by atoms with E-state index in [1.807, 2.05) is 35.2 Å². The first-order valence-electron chi connectivity index (χ1n) is 6.46. The Labute approximate surface area is 117 Å². The first kappa shape index (κ1) is 12.9. The molecule has 0 aliphatic carbocycles. The van der Waals surface area contributed by atoms with Crippen molar-refractivity contribution in [2.24, 2.45) is 7.05 Å². The molecule has 1 atom stereocenters. The molecule has 3 rings (SSSR count). The monoisotopic (exact) mass is 275 g/mol. The number of hydroxylamine groups is 3. The van der Waals surface area contributed by atoms with Gasteiger partial charge in [0.15, 0.2) is 6.67 Å². The molecule has 0 fully saturated rings. The van der Waals surface area contributed by atoms with Crippen molar-refractivity contribution in [1.29, 1.82) is 0 Å². The molecule has 0 spiro atoms. The summed E-state index contributed by atoms with van der Waals surface area (Å²) >= 11 is 0. The molecule has 20 heavy (non-hydrogen) atoms. The topological polar surface area (TPSA) is 71.1 Å². The van der Waals surface area contributed by atoms with Gasteiger partial charge in [-0.1, -0.05) is 30.3 Å². The maximum Gasteiger partial charge on any atom is 0.212 e. The summed E-state index contributed by atoms with van der Waals surface area (Å²) in [7, 11) is 3.27. The molecule has 1 aromatic carbocycles. The highest BCUT2D eigenvalue weighted by molar-refractivity contribution is 5.44. The summed E-state index contributed by atoms with van der Waals surface area (Å²) in [5.41, 5.74) is 1.65. The number of quaternary nitrogens is 1. The van der Waals surface area contributed by atoms with Gasteiger partial charge in [0.1, 0.15) is 6.54 Å². The largest absolute Gasteiger partial charge is 0.631 e.